The van der Waals surface area contributed by atoms with Gasteiger partial charge in [0.1, 0.15) is 0 Å². The number of nitrogens with one attached hydrogen (secondary N) is 1. The first-order chi connectivity index (χ1) is 7.84. The van der Waals surface area contributed by atoms with Gasteiger partial charge in [0, 0.05) is 6.04 Å². The Bertz CT molecular complexity index is 367. The summed E-state index contributed by atoms with van der Waals surface area (Å²) in [5.74, 6) is 1.72. The van der Waals surface area contributed by atoms with Crippen LogP contribution in [0, 0.1) is 5.92 Å². The Labute approximate surface area is 98.3 Å². The third kappa shape index (κ3) is 2.01. The highest BCUT2D eigenvalue weighted by atomic mass is 14.9. The van der Waals surface area contributed by atoms with Crippen molar-refractivity contribution in [2.75, 3.05) is 6.54 Å². The van der Waals surface area contributed by atoms with Crippen LogP contribution in [0.2, 0.25) is 0 Å². The van der Waals surface area contributed by atoms with E-state index in [1.54, 1.807) is 11.1 Å². The van der Waals surface area contributed by atoms with E-state index in [4.69, 9.17) is 0 Å². The Morgan fingerprint density at radius 2 is 1.81 bits per heavy atom. The van der Waals surface area contributed by atoms with Crippen LogP contribution in [-0.2, 0) is 0 Å². The molecule has 1 saturated carbocycles. The summed E-state index contributed by atoms with van der Waals surface area (Å²) < 4.78 is 0. The van der Waals surface area contributed by atoms with Crippen molar-refractivity contribution in [2.45, 2.75) is 44.6 Å². The highest BCUT2D eigenvalue weighted by Crippen LogP contribution is 2.37. The number of fused-ring (bicyclic) bond motifs is 1. The predicted octanol–water partition coefficient (Wildman–Crippen LogP) is 3.62. The van der Waals surface area contributed by atoms with Gasteiger partial charge in [-0.1, -0.05) is 31.2 Å². The molecule has 2 atom stereocenters. The average molecular weight is 215 g/mol. The van der Waals surface area contributed by atoms with Crippen molar-refractivity contribution in [1.29, 1.82) is 0 Å². The van der Waals surface area contributed by atoms with E-state index in [1.807, 2.05) is 0 Å². The molecule has 0 amide bonds. The van der Waals surface area contributed by atoms with Crippen molar-refractivity contribution >= 4 is 0 Å². The zero-order valence-corrected chi connectivity index (χ0v) is 10.1. The lowest BCUT2D eigenvalue weighted by atomic mass is 9.81. The summed E-state index contributed by atoms with van der Waals surface area (Å²) in [5, 5.41) is 3.76. The van der Waals surface area contributed by atoms with E-state index >= 15 is 0 Å². The molecule has 0 saturated heterocycles. The van der Waals surface area contributed by atoms with E-state index < -0.39 is 0 Å². The van der Waals surface area contributed by atoms with Gasteiger partial charge in [-0.2, -0.15) is 0 Å². The average Bonchev–Trinajstić information content (AvgIpc) is 3.13. The second kappa shape index (κ2) is 4.21. The maximum Gasteiger partial charge on any atom is 0.0323 e. The highest BCUT2D eigenvalue weighted by molar-refractivity contribution is 5.34. The first-order valence-electron chi connectivity index (χ1n) is 6.67. The lowest BCUT2D eigenvalue weighted by Gasteiger charge is -2.30. The summed E-state index contributed by atoms with van der Waals surface area (Å²) in [7, 11) is 0. The van der Waals surface area contributed by atoms with Gasteiger partial charge >= 0.3 is 0 Å². The van der Waals surface area contributed by atoms with E-state index in [2.05, 4.69) is 36.5 Å². The molecule has 1 N–H and O–H groups in total. The van der Waals surface area contributed by atoms with E-state index in [9.17, 15) is 0 Å². The molecule has 0 radical (unpaired) electrons. The lowest BCUT2D eigenvalue weighted by molar-refractivity contribution is 0.425. The van der Waals surface area contributed by atoms with Crippen molar-refractivity contribution in [3.05, 3.63) is 35.4 Å². The summed E-state index contributed by atoms with van der Waals surface area (Å²) in [5.41, 5.74) is 3.13. The molecule has 1 aromatic carbocycles. The molecule has 1 fully saturated rings. The minimum Gasteiger partial charge on any atom is -0.310 e. The largest absolute Gasteiger partial charge is 0.310 e. The van der Waals surface area contributed by atoms with E-state index in [0.29, 0.717) is 6.04 Å². The smallest absolute Gasteiger partial charge is 0.0323 e. The van der Waals surface area contributed by atoms with Crippen LogP contribution in [0.15, 0.2) is 24.3 Å². The summed E-state index contributed by atoms with van der Waals surface area (Å²) in [4.78, 5) is 0. The molecule has 2 aliphatic rings. The van der Waals surface area contributed by atoms with E-state index in [0.717, 1.165) is 11.8 Å². The molecule has 0 heterocycles. The molecule has 2 unspecified atom stereocenters. The quantitative estimate of drug-likeness (QED) is 0.812. The molecule has 16 heavy (non-hydrogen) atoms. The van der Waals surface area contributed by atoms with Crippen molar-refractivity contribution < 1.29 is 0 Å². The minimum atomic E-state index is 0.619. The lowest BCUT2D eigenvalue weighted by Crippen LogP contribution is -2.27. The Balaban J connectivity index is 1.77. The van der Waals surface area contributed by atoms with Crippen LogP contribution in [0.5, 0.6) is 0 Å². The van der Waals surface area contributed by atoms with Gasteiger partial charge in [0.25, 0.3) is 0 Å². The van der Waals surface area contributed by atoms with Crippen LogP contribution in [0.4, 0.5) is 0 Å². The monoisotopic (exact) mass is 215 g/mol. The van der Waals surface area contributed by atoms with Gasteiger partial charge in [-0.3, -0.25) is 0 Å². The topological polar surface area (TPSA) is 12.0 Å². The molecule has 86 valence electrons. The first-order valence-corrected chi connectivity index (χ1v) is 6.67. The fourth-order valence-electron chi connectivity index (χ4n) is 2.85. The molecular weight excluding hydrogens is 194 g/mol. The number of hydrogen-bond donors (Lipinski definition) is 1. The van der Waals surface area contributed by atoms with Crippen LogP contribution in [-0.4, -0.2) is 6.54 Å². The zero-order chi connectivity index (χ0) is 11.0. The van der Waals surface area contributed by atoms with E-state index in [1.165, 1.54) is 32.2 Å². The molecule has 0 aliphatic heterocycles. The SMILES string of the molecule is CC1CCC(NCC2CC2)c2ccccc21. The third-order valence-electron chi connectivity index (χ3n) is 4.14. The standard InChI is InChI=1S/C15H21N/c1-11-6-9-15(16-10-12-7-8-12)14-5-3-2-4-13(11)14/h2-5,11-12,15-16H,6-10H2,1H3. The van der Waals surface area contributed by atoms with Gasteiger partial charge in [0.05, 0.1) is 0 Å². The molecule has 3 rings (SSSR count). The van der Waals surface area contributed by atoms with Gasteiger partial charge in [0.2, 0.25) is 0 Å². The molecular formula is C15H21N. The Morgan fingerprint density at radius 1 is 1.06 bits per heavy atom. The maximum absolute atomic E-state index is 3.76. The normalized spacial score (nSPS) is 28.8. The van der Waals surface area contributed by atoms with E-state index in [-0.39, 0.29) is 0 Å². The van der Waals surface area contributed by atoms with Crippen molar-refractivity contribution in [3.63, 3.8) is 0 Å². The number of benzene rings is 1. The summed E-state index contributed by atoms with van der Waals surface area (Å²) in [6, 6.07) is 9.61. The maximum atomic E-state index is 3.76. The molecule has 0 spiro atoms. The minimum absolute atomic E-state index is 0.619. The van der Waals surface area contributed by atoms with Crippen molar-refractivity contribution in [3.8, 4) is 0 Å². The molecule has 1 heteroatoms. The molecule has 1 aromatic rings. The van der Waals surface area contributed by atoms with Crippen LogP contribution in [0.1, 0.15) is 55.7 Å². The zero-order valence-electron chi connectivity index (χ0n) is 10.1. The highest BCUT2D eigenvalue weighted by Gasteiger charge is 2.26. The van der Waals surface area contributed by atoms with Crippen LogP contribution < -0.4 is 5.32 Å². The second-order valence-corrected chi connectivity index (χ2v) is 5.51. The van der Waals surface area contributed by atoms with Crippen molar-refractivity contribution in [2.24, 2.45) is 5.92 Å². The van der Waals surface area contributed by atoms with Gasteiger partial charge in [0.15, 0.2) is 0 Å². The summed E-state index contributed by atoms with van der Waals surface area (Å²) in [6.45, 7) is 3.59. The number of rotatable bonds is 3. The molecule has 1 nitrogen and oxygen atoms in total. The molecule has 2 aliphatic carbocycles. The Hall–Kier alpha value is -0.820. The van der Waals surface area contributed by atoms with Crippen molar-refractivity contribution in [1.82, 2.24) is 5.32 Å². The molecule has 0 bridgehead atoms. The summed E-state index contributed by atoms with van der Waals surface area (Å²) in [6.07, 6.45) is 5.53. The third-order valence-corrected chi connectivity index (χ3v) is 4.14. The fourth-order valence-corrected chi connectivity index (χ4v) is 2.85. The first kappa shape index (κ1) is 10.3. The fraction of sp³-hybridized carbons (Fsp3) is 0.600. The number of hydrogen-bond acceptors (Lipinski definition) is 1. The van der Waals surface area contributed by atoms with Gasteiger partial charge in [-0.15, -0.1) is 0 Å². The van der Waals surface area contributed by atoms with Gasteiger partial charge < -0.3 is 5.32 Å². The Morgan fingerprint density at radius 3 is 2.56 bits per heavy atom. The van der Waals surface area contributed by atoms with Gasteiger partial charge in [-0.25, -0.2) is 0 Å². The second-order valence-electron chi connectivity index (χ2n) is 5.51. The summed E-state index contributed by atoms with van der Waals surface area (Å²) >= 11 is 0. The predicted molar refractivity (Wildman–Crippen MR) is 67.6 cm³/mol. The molecule has 0 aromatic heterocycles. The van der Waals surface area contributed by atoms with Crippen LogP contribution in [0.3, 0.4) is 0 Å². The van der Waals surface area contributed by atoms with Crippen LogP contribution >= 0.6 is 0 Å². The van der Waals surface area contributed by atoms with Crippen LogP contribution in [0.25, 0.3) is 0 Å². The Kier molecular flexibility index (Phi) is 2.72. The van der Waals surface area contributed by atoms with Gasteiger partial charge in [-0.05, 0) is 55.2 Å².